The number of nitrogens with two attached hydrogens (primary N) is 1. The van der Waals surface area contributed by atoms with E-state index in [1.165, 1.54) is 0 Å². The predicted octanol–water partition coefficient (Wildman–Crippen LogP) is 4.46. The van der Waals surface area contributed by atoms with E-state index in [0.29, 0.717) is 5.75 Å². The van der Waals surface area contributed by atoms with Crippen molar-refractivity contribution in [2.45, 2.75) is 19.8 Å². The summed E-state index contributed by atoms with van der Waals surface area (Å²) in [4.78, 5) is 0. The van der Waals surface area contributed by atoms with Gasteiger partial charge in [-0.3, -0.25) is 0 Å². The Kier molecular flexibility index (Phi) is 3.69. The van der Waals surface area contributed by atoms with Gasteiger partial charge in [-0.15, -0.1) is 0 Å². The van der Waals surface area contributed by atoms with Gasteiger partial charge in [0.05, 0.1) is 0 Å². The Morgan fingerprint density at radius 1 is 1.05 bits per heavy atom. The number of halogens is 2. The van der Waals surface area contributed by atoms with E-state index in [-0.39, 0.29) is 11.6 Å². The summed E-state index contributed by atoms with van der Waals surface area (Å²) in [6, 6.07) is 9.25. The quantitative estimate of drug-likeness (QED) is 0.829. The minimum atomic E-state index is -0.809. The Labute approximate surface area is 110 Å². The van der Waals surface area contributed by atoms with Gasteiger partial charge >= 0.3 is 0 Å². The molecule has 2 N–H and O–H groups in total. The molecule has 100 valence electrons. The molecule has 4 heteroatoms. The maximum absolute atomic E-state index is 13.7. The summed E-state index contributed by atoms with van der Waals surface area (Å²) >= 11 is 0. The molecule has 0 unspecified atom stereocenters. The zero-order valence-electron chi connectivity index (χ0n) is 10.8. The first-order valence-corrected chi connectivity index (χ1v) is 6.00. The molecule has 0 radical (unpaired) electrons. The molecule has 0 saturated carbocycles. The van der Waals surface area contributed by atoms with E-state index >= 15 is 0 Å². The zero-order chi connectivity index (χ0) is 14.0. The van der Waals surface area contributed by atoms with Crippen molar-refractivity contribution in [1.82, 2.24) is 0 Å². The summed E-state index contributed by atoms with van der Waals surface area (Å²) in [6.07, 6.45) is 0. The van der Waals surface area contributed by atoms with E-state index in [2.05, 4.69) is 0 Å². The van der Waals surface area contributed by atoms with Crippen LogP contribution in [0.1, 0.15) is 25.3 Å². The highest BCUT2D eigenvalue weighted by atomic mass is 19.1. The van der Waals surface area contributed by atoms with Crippen LogP contribution in [0.15, 0.2) is 36.4 Å². The zero-order valence-corrected chi connectivity index (χ0v) is 10.8. The van der Waals surface area contributed by atoms with Crippen molar-refractivity contribution < 1.29 is 13.5 Å². The number of hydrogen-bond donors (Lipinski definition) is 1. The molecule has 0 fully saturated rings. The average molecular weight is 263 g/mol. The lowest BCUT2D eigenvalue weighted by molar-refractivity contribution is 0.403. The molecule has 0 aliphatic rings. The number of benzene rings is 2. The first-order valence-electron chi connectivity index (χ1n) is 6.00. The smallest absolute Gasteiger partial charge is 0.198 e. The molecule has 19 heavy (non-hydrogen) atoms. The van der Waals surface area contributed by atoms with E-state index in [1.807, 2.05) is 26.0 Å². The van der Waals surface area contributed by atoms with Crippen LogP contribution in [0, 0.1) is 11.6 Å². The Morgan fingerprint density at radius 2 is 1.63 bits per heavy atom. The third-order valence-electron chi connectivity index (χ3n) is 2.77. The number of anilines is 1. The summed E-state index contributed by atoms with van der Waals surface area (Å²) in [5.41, 5.74) is 6.28. The molecule has 0 aliphatic heterocycles. The van der Waals surface area contributed by atoms with Gasteiger partial charge in [-0.2, -0.15) is 0 Å². The Balaban J connectivity index is 2.42. The van der Waals surface area contributed by atoms with Gasteiger partial charge in [0.2, 0.25) is 0 Å². The lowest BCUT2D eigenvalue weighted by Gasteiger charge is -2.14. The Bertz CT molecular complexity index is 573. The van der Waals surface area contributed by atoms with Gasteiger partial charge in [-0.1, -0.05) is 32.0 Å². The largest absolute Gasteiger partial charge is 0.451 e. The van der Waals surface area contributed by atoms with E-state index in [9.17, 15) is 8.78 Å². The van der Waals surface area contributed by atoms with Crippen molar-refractivity contribution in [2.75, 3.05) is 5.73 Å². The van der Waals surface area contributed by atoms with Crippen molar-refractivity contribution in [3.8, 4) is 11.5 Å². The van der Waals surface area contributed by atoms with E-state index < -0.39 is 17.4 Å². The lowest BCUT2D eigenvalue weighted by atomic mass is 10.0. The van der Waals surface area contributed by atoms with Crippen LogP contribution < -0.4 is 10.5 Å². The molecule has 2 rings (SSSR count). The van der Waals surface area contributed by atoms with Crippen molar-refractivity contribution >= 4 is 5.69 Å². The van der Waals surface area contributed by atoms with Crippen LogP contribution >= 0.6 is 0 Å². The number of rotatable bonds is 3. The fourth-order valence-electron chi connectivity index (χ4n) is 1.84. The molecule has 0 aliphatic carbocycles. The first-order chi connectivity index (χ1) is 8.99. The maximum atomic E-state index is 13.7. The molecule has 2 aromatic carbocycles. The fourth-order valence-corrected chi connectivity index (χ4v) is 1.84. The van der Waals surface area contributed by atoms with E-state index in [1.54, 1.807) is 12.1 Å². The van der Waals surface area contributed by atoms with Gasteiger partial charge in [-0.25, -0.2) is 8.78 Å². The van der Waals surface area contributed by atoms with E-state index in [0.717, 1.165) is 17.7 Å². The van der Waals surface area contributed by atoms with Gasteiger partial charge in [0.1, 0.15) is 5.75 Å². The second kappa shape index (κ2) is 5.26. The molecule has 2 nitrogen and oxygen atoms in total. The summed E-state index contributed by atoms with van der Waals surface area (Å²) in [6.45, 7) is 3.97. The molecule has 2 aromatic rings. The average Bonchev–Trinajstić information content (AvgIpc) is 2.34. The third kappa shape index (κ3) is 2.84. The molecular formula is C15H15F2NO. The van der Waals surface area contributed by atoms with Gasteiger partial charge in [0, 0.05) is 17.8 Å². The standard InChI is InChI=1S/C15H15F2NO/c1-9(2)11-5-3-4-6-14(11)19-15-12(16)7-10(18)8-13(15)17/h3-9H,18H2,1-2H3. The monoisotopic (exact) mass is 263 g/mol. The van der Waals surface area contributed by atoms with Crippen LogP contribution in [0.4, 0.5) is 14.5 Å². The number of hydrogen-bond acceptors (Lipinski definition) is 2. The third-order valence-corrected chi connectivity index (χ3v) is 2.77. The van der Waals surface area contributed by atoms with Crippen LogP contribution in [-0.2, 0) is 0 Å². The lowest BCUT2D eigenvalue weighted by Crippen LogP contribution is -1.98. The van der Waals surface area contributed by atoms with Crippen molar-refractivity contribution in [3.63, 3.8) is 0 Å². The maximum Gasteiger partial charge on any atom is 0.198 e. The normalized spacial score (nSPS) is 10.8. The molecular weight excluding hydrogens is 248 g/mol. The summed E-state index contributed by atoms with van der Waals surface area (Å²) in [7, 11) is 0. The second-order valence-corrected chi connectivity index (χ2v) is 4.61. The molecule has 0 aromatic heterocycles. The topological polar surface area (TPSA) is 35.2 Å². The van der Waals surface area contributed by atoms with Gasteiger partial charge in [-0.05, 0) is 17.5 Å². The molecule has 0 spiro atoms. The molecule has 0 atom stereocenters. The summed E-state index contributed by atoms with van der Waals surface area (Å²) in [5, 5.41) is 0. The highest BCUT2D eigenvalue weighted by Crippen LogP contribution is 2.33. The van der Waals surface area contributed by atoms with Crippen molar-refractivity contribution in [3.05, 3.63) is 53.6 Å². The number of para-hydroxylation sites is 1. The first kappa shape index (κ1) is 13.3. The molecule has 0 bridgehead atoms. The van der Waals surface area contributed by atoms with Crippen molar-refractivity contribution in [2.24, 2.45) is 0 Å². The Hall–Kier alpha value is -2.10. The van der Waals surface area contributed by atoms with Crippen LogP contribution in [0.2, 0.25) is 0 Å². The predicted molar refractivity (Wildman–Crippen MR) is 71.4 cm³/mol. The van der Waals surface area contributed by atoms with Gasteiger partial charge < -0.3 is 10.5 Å². The Morgan fingerprint density at radius 3 is 2.21 bits per heavy atom. The number of nitrogen functional groups attached to an aromatic ring is 1. The molecule has 0 saturated heterocycles. The fraction of sp³-hybridized carbons (Fsp3) is 0.200. The highest BCUT2D eigenvalue weighted by molar-refractivity contribution is 5.46. The number of ether oxygens (including phenoxy) is 1. The van der Waals surface area contributed by atoms with E-state index in [4.69, 9.17) is 10.5 Å². The SMILES string of the molecule is CC(C)c1ccccc1Oc1c(F)cc(N)cc1F. The summed E-state index contributed by atoms with van der Waals surface area (Å²) < 4.78 is 32.8. The molecule has 0 heterocycles. The van der Waals surface area contributed by atoms with Gasteiger partial charge in [0.15, 0.2) is 17.4 Å². The highest BCUT2D eigenvalue weighted by Gasteiger charge is 2.15. The van der Waals surface area contributed by atoms with Crippen LogP contribution in [0.5, 0.6) is 11.5 Å². The van der Waals surface area contributed by atoms with Crippen LogP contribution in [-0.4, -0.2) is 0 Å². The second-order valence-electron chi connectivity index (χ2n) is 4.61. The van der Waals surface area contributed by atoms with Crippen molar-refractivity contribution in [1.29, 1.82) is 0 Å². The van der Waals surface area contributed by atoms with Crippen LogP contribution in [0.3, 0.4) is 0 Å². The minimum Gasteiger partial charge on any atom is -0.451 e. The summed E-state index contributed by atoms with van der Waals surface area (Å²) in [5.74, 6) is -1.41. The molecule has 0 amide bonds. The van der Waals surface area contributed by atoms with Gasteiger partial charge in [0.25, 0.3) is 0 Å². The minimum absolute atomic E-state index is 0.0273. The van der Waals surface area contributed by atoms with Crippen LogP contribution in [0.25, 0.3) is 0 Å².